The van der Waals surface area contributed by atoms with Gasteiger partial charge in [0.2, 0.25) is 5.91 Å². The standard InChI is InChI=1S/C26H34N2O4/c1-20-12-13-21(2)26(22(20)3)32-19-25(30)28-15-8-14-27(16-17-28)24(29)11-7-18-31-23-9-5-4-6-10-23/h4-6,9-10,12-13H,7-8,11,14-19H2,1-3H3. The third-order valence-corrected chi connectivity index (χ3v) is 5.96. The second kappa shape index (κ2) is 11.6. The van der Waals surface area contributed by atoms with Gasteiger partial charge in [-0.3, -0.25) is 9.59 Å². The first-order valence-corrected chi connectivity index (χ1v) is 11.4. The zero-order chi connectivity index (χ0) is 22.9. The summed E-state index contributed by atoms with van der Waals surface area (Å²) in [5.41, 5.74) is 3.25. The number of nitrogens with zero attached hydrogens (tertiary/aromatic N) is 2. The lowest BCUT2D eigenvalue weighted by Crippen LogP contribution is -2.39. The lowest BCUT2D eigenvalue weighted by atomic mass is 10.1. The largest absolute Gasteiger partial charge is 0.494 e. The third-order valence-electron chi connectivity index (χ3n) is 5.96. The molecule has 0 N–H and O–H groups in total. The van der Waals surface area contributed by atoms with Crippen LogP contribution in [-0.2, 0) is 9.59 Å². The zero-order valence-corrected chi connectivity index (χ0v) is 19.4. The van der Waals surface area contributed by atoms with E-state index < -0.39 is 0 Å². The van der Waals surface area contributed by atoms with E-state index >= 15 is 0 Å². The van der Waals surface area contributed by atoms with Crippen molar-refractivity contribution < 1.29 is 19.1 Å². The summed E-state index contributed by atoms with van der Waals surface area (Å²) in [6, 6.07) is 13.7. The van der Waals surface area contributed by atoms with Crippen LogP contribution in [0.15, 0.2) is 42.5 Å². The van der Waals surface area contributed by atoms with Gasteiger partial charge >= 0.3 is 0 Å². The Hall–Kier alpha value is -3.02. The number of amides is 2. The highest BCUT2D eigenvalue weighted by atomic mass is 16.5. The van der Waals surface area contributed by atoms with Gasteiger partial charge in [-0.05, 0) is 62.4 Å². The number of carbonyl (C=O) groups excluding carboxylic acids is 2. The first-order chi connectivity index (χ1) is 15.5. The van der Waals surface area contributed by atoms with Crippen LogP contribution in [0.3, 0.4) is 0 Å². The lowest BCUT2D eigenvalue weighted by molar-refractivity contribution is -0.134. The van der Waals surface area contributed by atoms with Crippen molar-refractivity contribution in [3.8, 4) is 11.5 Å². The Morgan fingerprint density at radius 3 is 2.19 bits per heavy atom. The molecule has 0 radical (unpaired) electrons. The van der Waals surface area contributed by atoms with Crippen LogP contribution in [0, 0.1) is 20.8 Å². The van der Waals surface area contributed by atoms with Crippen LogP contribution >= 0.6 is 0 Å². The Kier molecular flexibility index (Phi) is 8.54. The summed E-state index contributed by atoms with van der Waals surface area (Å²) in [6.07, 6.45) is 1.91. The number of benzene rings is 2. The fourth-order valence-electron chi connectivity index (χ4n) is 3.88. The molecule has 172 valence electrons. The van der Waals surface area contributed by atoms with Gasteiger partial charge in [0, 0.05) is 32.6 Å². The first kappa shape index (κ1) is 23.6. The van der Waals surface area contributed by atoms with Gasteiger partial charge in [-0.1, -0.05) is 30.3 Å². The summed E-state index contributed by atoms with van der Waals surface area (Å²) in [4.78, 5) is 29.0. The number of rotatable bonds is 8. The molecule has 0 saturated carbocycles. The van der Waals surface area contributed by atoms with Gasteiger partial charge in [0.15, 0.2) is 6.61 Å². The topological polar surface area (TPSA) is 59.1 Å². The number of para-hydroxylation sites is 1. The number of ether oxygens (including phenoxy) is 2. The van der Waals surface area contributed by atoms with Crippen LogP contribution in [0.25, 0.3) is 0 Å². The van der Waals surface area contributed by atoms with E-state index in [1.54, 1.807) is 0 Å². The smallest absolute Gasteiger partial charge is 0.260 e. The minimum absolute atomic E-state index is 0.0237. The molecule has 1 aliphatic rings. The van der Waals surface area contributed by atoms with Crippen LogP contribution < -0.4 is 9.47 Å². The second-order valence-electron chi connectivity index (χ2n) is 8.32. The van der Waals surface area contributed by atoms with Crippen LogP contribution in [0.2, 0.25) is 0 Å². The Morgan fingerprint density at radius 1 is 0.812 bits per heavy atom. The molecule has 2 amide bonds. The summed E-state index contributed by atoms with van der Waals surface area (Å²) in [7, 11) is 0. The Labute approximate surface area is 191 Å². The van der Waals surface area contributed by atoms with Crippen molar-refractivity contribution >= 4 is 11.8 Å². The van der Waals surface area contributed by atoms with Crippen molar-refractivity contribution in [3.63, 3.8) is 0 Å². The third kappa shape index (κ3) is 6.49. The normalized spacial score (nSPS) is 14.1. The van der Waals surface area contributed by atoms with Gasteiger partial charge in [0.05, 0.1) is 6.61 Å². The second-order valence-corrected chi connectivity index (χ2v) is 8.32. The molecule has 1 fully saturated rings. The number of hydrogen-bond donors (Lipinski definition) is 0. The van der Waals surface area contributed by atoms with E-state index in [1.807, 2.05) is 67.0 Å². The monoisotopic (exact) mass is 438 g/mol. The highest BCUT2D eigenvalue weighted by molar-refractivity contribution is 5.79. The molecule has 0 unspecified atom stereocenters. The number of carbonyl (C=O) groups is 2. The first-order valence-electron chi connectivity index (χ1n) is 11.4. The molecule has 2 aromatic carbocycles. The van der Waals surface area contributed by atoms with Crippen molar-refractivity contribution in [2.24, 2.45) is 0 Å². The maximum Gasteiger partial charge on any atom is 0.260 e. The Bertz CT molecular complexity index is 914. The maximum atomic E-state index is 12.7. The molecule has 0 atom stereocenters. The molecule has 0 spiro atoms. The van der Waals surface area contributed by atoms with E-state index in [1.165, 1.54) is 0 Å². The summed E-state index contributed by atoms with van der Waals surface area (Å²) in [6.45, 7) is 9.02. The molecule has 0 aliphatic carbocycles. The molecule has 1 heterocycles. The van der Waals surface area contributed by atoms with E-state index in [4.69, 9.17) is 9.47 Å². The molecule has 0 bridgehead atoms. The fourth-order valence-corrected chi connectivity index (χ4v) is 3.88. The zero-order valence-electron chi connectivity index (χ0n) is 19.4. The van der Waals surface area contributed by atoms with Gasteiger partial charge in [-0.25, -0.2) is 0 Å². The lowest BCUT2D eigenvalue weighted by Gasteiger charge is -2.23. The molecule has 32 heavy (non-hydrogen) atoms. The van der Waals surface area contributed by atoms with Crippen LogP contribution in [0.4, 0.5) is 0 Å². The predicted octanol–water partition coefficient (Wildman–Crippen LogP) is 3.91. The molecular weight excluding hydrogens is 404 g/mol. The highest BCUT2D eigenvalue weighted by Crippen LogP contribution is 2.25. The minimum Gasteiger partial charge on any atom is -0.494 e. The summed E-state index contributed by atoms with van der Waals surface area (Å²) in [5.74, 6) is 1.71. The predicted molar refractivity (Wildman–Crippen MR) is 125 cm³/mol. The molecular formula is C26H34N2O4. The summed E-state index contributed by atoms with van der Waals surface area (Å²) in [5, 5.41) is 0. The van der Waals surface area contributed by atoms with Gasteiger partial charge in [0.25, 0.3) is 5.91 Å². The van der Waals surface area contributed by atoms with Gasteiger partial charge < -0.3 is 19.3 Å². The van der Waals surface area contributed by atoms with Crippen molar-refractivity contribution in [2.45, 2.75) is 40.0 Å². The van der Waals surface area contributed by atoms with Crippen LogP contribution in [-0.4, -0.2) is 61.0 Å². The van der Waals surface area contributed by atoms with E-state index in [9.17, 15) is 9.59 Å². The number of aryl methyl sites for hydroxylation is 2. The molecule has 1 aliphatic heterocycles. The van der Waals surface area contributed by atoms with E-state index in [0.717, 1.165) is 34.6 Å². The average Bonchev–Trinajstić information content (AvgIpc) is 3.06. The minimum atomic E-state index is -0.0316. The van der Waals surface area contributed by atoms with E-state index in [0.29, 0.717) is 45.6 Å². The fraction of sp³-hybridized carbons (Fsp3) is 0.462. The maximum absolute atomic E-state index is 12.7. The van der Waals surface area contributed by atoms with E-state index in [2.05, 4.69) is 6.07 Å². The molecule has 6 nitrogen and oxygen atoms in total. The molecule has 0 aromatic heterocycles. The Balaban J connectivity index is 1.41. The summed E-state index contributed by atoms with van der Waals surface area (Å²) < 4.78 is 11.6. The highest BCUT2D eigenvalue weighted by Gasteiger charge is 2.22. The van der Waals surface area contributed by atoms with Crippen molar-refractivity contribution in [2.75, 3.05) is 39.4 Å². The van der Waals surface area contributed by atoms with Crippen molar-refractivity contribution in [1.82, 2.24) is 9.80 Å². The van der Waals surface area contributed by atoms with Crippen LogP contribution in [0.1, 0.15) is 36.0 Å². The van der Waals surface area contributed by atoms with Crippen molar-refractivity contribution in [1.29, 1.82) is 0 Å². The van der Waals surface area contributed by atoms with Gasteiger partial charge in [-0.15, -0.1) is 0 Å². The van der Waals surface area contributed by atoms with Crippen molar-refractivity contribution in [3.05, 3.63) is 59.2 Å². The quantitative estimate of drug-likeness (QED) is 0.587. The van der Waals surface area contributed by atoms with E-state index in [-0.39, 0.29) is 18.4 Å². The SMILES string of the molecule is Cc1ccc(C)c(OCC(=O)N2CCCN(C(=O)CCCOc3ccccc3)CC2)c1C. The Morgan fingerprint density at radius 2 is 1.47 bits per heavy atom. The molecule has 2 aromatic rings. The molecule has 6 heteroatoms. The number of hydrogen-bond acceptors (Lipinski definition) is 4. The molecule has 1 saturated heterocycles. The summed E-state index contributed by atoms with van der Waals surface area (Å²) >= 11 is 0. The van der Waals surface area contributed by atoms with Gasteiger partial charge in [0.1, 0.15) is 11.5 Å². The van der Waals surface area contributed by atoms with Gasteiger partial charge in [-0.2, -0.15) is 0 Å². The van der Waals surface area contributed by atoms with Crippen LogP contribution in [0.5, 0.6) is 11.5 Å². The average molecular weight is 439 g/mol. The molecule has 3 rings (SSSR count).